The fraction of sp³-hybridized carbons (Fsp3) is 0.778. The third-order valence-electron chi connectivity index (χ3n) is 1.94. The maximum Gasteiger partial charge on any atom is 0.321 e. The summed E-state index contributed by atoms with van der Waals surface area (Å²) in [6.07, 6.45) is 0. The van der Waals surface area contributed by atoms with E-state index in [1.807, 2.05) is 27.7 Å². The van der Waals surface area contributed by atoms with Crippen LogP contribution >= 0.6 is 0 Å². The van der Waals surface area contributed by atoms with Crippen molar-refractivity contribution in [2.45, 2.75) is 40.7 Å². The molecule has 0 aliphatic heterocycles. The summed E-state index contributed by atoms with van der Waals surface area (Å²) >= 11 is 0. The molecule has 0 aliphatic rings. The maximum absolute atomic E-state index is 11.1. The molecule has 13 heavy (non-hydrogen) atoms. The molecule has 4 heteroatoms. The standard InChI is InChI=1S/C9H18N2O2/c1-6(9(3,4)5)10-8(13)11-7(2)12/h6H,1-5H3,(H2,10,11,12,13)/t6-/m1/s1. The number of nitrogens with one attached hydrogen (secondary N) is 2. The first kappa shape index (κ1) is 11.9. The van der Waals surface area contributed by atoms with Gasteiger partial charge in [0.1, 0.15) is 0 Å². The summed E-state index contributed by atoms with van der Waals surface area (Å²) in [6.45, 7) is 9.27. The fourth-order valence-corrected chi connectivity index (χ4v) is 0.609. The molecule has 0 aromatic rings. The molecular weight excluding hydrogens is 168 g/mol. The van der Waals surface area contributed by atoms with Gasteiger partial charge in [-0.15, -0.1) is 0 Å². The van der Waals surface area contributed by atoms with E-state index >= 15 is 0 Å². The lowest BCUT2D eigenvalue weighted by Crippen LogP contribution is -2.47. The molecule has 0 unspecified atom stereocenters. The van der Waals surface area contributed by atoms with Crippen LogP contribution in [0.25, 0.3) is 0 Å². The van der Waals surface area contributed by atoms with Crippen molar-refractivity contribution in [1.82, 2.24) is 10.6 Å². The lowest BCUT2D eigenvalue weighted by Gasteiger charge is -2.27. The first-order valence-electron chi connectivity index (χ1n) is 4.31. The average Bonchev–Trinajstić information content (AvgIpc) is 1.82. The van der Waals surface area contributed by atoms with Gasteiger partial charge in [0.2, 0.25) is 5.91 Å². The minimum Gasteiger partial charge on any atom is -0.335 e. The Morgan fingerprint density at radius 1 is 1.23 bits per heavy atom. The van der Waals surface area contributed by atoms with Crippen molar-refractivity contribution >= 4 is 11.9 Å². The van der Waals surface area contributed by atoms with E-state index in [4.69, 9.17) is 0 Å². The molecule has 0 saturated carbocycles. The Labute approximate surface area is 79.1 Å². The van der Waals surface area contributed by atoms with Gasteiger partial charge in [0.15, 0.2) is 0 Å². The predicted molar refractivity (Wildman–Crippen MR) is 51.3 cm³/mol. The third-order valence-corrected chi connectivity index (χ3v) is 1.94. The Kier molecular flexibility index (Phi) is 3.91. The molecule has 0 saturated heterocycles. The Balaban J connectivity index is 4.00. The fourth-order valence-electron chi connectivity index (χ4n) is 0.609. The number of urea groups is 1. The van der Waals surface area contributed by atoms with Gasteiger partial charge in [0.05, 0.1) is 0 Å². The van der Waals surface area contributed by atoms with Crippen LogP contribution in [0, 0.1) is 5.41 Å². The monoisotopic (exact) mass is 186 g/mol. The predicted octanol–water partition coefficient (Wildman–Crippen LogP) is 1.27. The molecule has 1 atom stereocenters. The topological polar surface area (TPSA) is 58.2 Å². The lowest BCUT2D eigenvalue weighted by molar-refractivity contribution is -0.117. The third kappa shape index (κ3) is 5.22. The van der Waals surface area contributed by atoms with E-state index in [1.54, 1.807) is 0 Å². The highest BCUT2D eigenvalue weighted by Gasteiger charge is 2.21. The van der Waals surface area contributed by atoms with Crippen LogP contribution in [0.3, 0.4) is 0 Å². The molecule has 4 nitrogen and oxygen atoms in total. The Morgan fingerprint density at radius 2 is 1.69 bits per heavy atom. The molecule has 0 heterocycles. The van der Waals surface area contributed by atoms with Crippen molar-refractivity contribution in [1.29, 1.82) is 0 Å². The van der Waals surface area contributed by atoms with Gasteiger partial charge in [-0.1, -0.05) is 20.8 Å². The van der Waals surface area contributed by atoms with Crippen LogP contribution in [0.1, 0.15) is 34.6 Å². The zero-order valence-electron chi connectivity index (χ0n) is 8.89. The highest BCUT2D eigenvalue weighted by Crippen LogP contribution is 2.18. The number of carbonyl (C=O) groups is 2. The van der Waals surface area contributed by atoms with Gasteiger partial charge in [-0.3, -0.25) is 10.1 Å². The summed E-state index contributed by atoms with van der Waals surface area (Å²) in [6, 6.07) is -0.415. The molecule has 0 spiro atoms. The molecule has 0 rings (SSSR count). The lowest BCUT2D eigenvalue weighted by atomic mass is 9.88. The molecule has 0 aliphatic carbocycles. The van der Waals surface area contributed by atoms with E-state index in [0.717, 1.165) is 0 Å². The normalized spacial score (nSPS) is 13.3. The molecule has 0 fully saturated rings. The first-order chi connectivity index (χ1) is 5.73. The summed E-state index contributed by atoms with van der Waals surface area (Å²) < 4.78 is 0. The van der Waals surface area contributed by atoms with E-state index in [-0.39, 0.29) is 17.4 Å². The number of imide groups is 1. The maximum atomic E-state index is 11.1. The van der Waals surface area contributed by atoms with Crippen molar-refractivity contribution < 1.29 is 9.59 Å². The first-order valence-corrected chi connectivity index (χ1v) is 4.31. The smallest absolute Gasteiger partial charge is 0.321 e. The second-order valence-electron chi connectivity index (χ2n) is 4.24. The molecular formula is C9H18N2O2. The molecule has 0 bridgehead atoms. The number of hydrogen-bond acceptors (Lipinski definition) is 2. The van der Waals surface area contributed by atoms with Gasteiger partial charge in [-0.2, -0.15) is 0 Å². The Morgan fingerprint density at radius 3 is 2.00 bits per heavy atom. The molecule has 3 amide bonds. The van der Waals surface area contributed by atoms with Gasteiger partial charge in [0.25, 0.3) is 0 Å². The van der Waals surface area contributed by atoms with Gasteiger partial charge >= 0.3 is 6.03 Å². The summed E-state index contributed by atoms with van der Waals surface area (Å²) in [5, 5.41) is 4.84. The molecule has 0 aromatic heterocycles. The van der Waals surface area contributed by atoms with Crippen LogP contribution in [-0.2, 0) is 4.79 Å². The van der Waals surface area contributed by atoms with Gasteiger partial charge in [0, 0.05) is 13.0 Å². The molecule has 0 radical (unpaired) electrons. The SMILES string of the molecule is CC(=O)NC(=O)N[C@H](C)C(C)(C)C. The van der Waals surface area contributed by atoms with Crippen LogP contribution in [-0.4, -0.2) is 18.0 Å². The zero-order valence-corrected chi connectivity index (χ0v) is 8.89. The second-order valence-corrected chi connectivity index (χ2v) is 4.24. The van der Waals surface area contributed by atoms with E-state index < -0.39 is 6.03 Å². The number of rotatable bonds is 1. The zero-order chi connectivity index (χ0) is 10.6. The van der Waals surface area contributed by atoms with E-state index in [1.165, 1.54) is 6.92 Å². The van der Waals surface area contributed by atoms with Crippen molar-refractivity contribution in [3.63, 3.8) is 0 Å². The minimum absolute atomic E-state index is 0.00582. The summed E-state index contributed by atoms with van der Waals surface area (Å²) in [5.74, 6) is -0.349. The van der Waals surface area contributed by atoms with Crippen molar-refractivity contribution in [3.05, 3.63) is 0 Å². The van der Waals surface area contributed by atoms with Crippen molar-refractivity contribution in [3.8, 4) is 0 Å². The Hall–Kier alpha value is -1.06. The highest BCUT2D eigenvalue weighted by atomic mass is 16.2. The average molecular weight is 186 g/mol. The second kappa shape index (κ2) is 4.25. The van der Waals surface area contributed by atoms with Crippen molar-refractivity contribution in [2.24, 2.45) is 5.41 Å². The van der Waals surface area contributed by atoms with Gasteiger partial charge in [-0.25, -0.2) is 4.79 Å². The van der Waals surface area contributed by atoms with Crippen LogP contribution < -0.4 is 10.6 Å². The number of carbonyl (C=O) groups excluding carboxylic acids is 2. The van der Waals surface area contributed by atoms with Crippen molar-refractivity contribution in [2.75, 3.05) is 0 Å². The quantitative estimate of drug-likeness (QED) is 0.647. The van der Waals surface area contributed by atoms with E-state index in [9.17, 15) is 9.59 Å². The largest absolute Gasteiger partial charge is 0.335 e. The highest BCUT2D eigenvalue weighted by molar-refractivity contribution is 5.93. The van der Waals surface area contributed by atoms with Gasteiger partial charge < -0.3 is 5.32 Å². The summed E-state index contributed by atoms with van der Waals surface area (Å²) in [4.78, 5) is 21.6. The van der Waals surface area contributed by atoms with E-state index in [2.05, 4.69) is 10.6 Å². The number of hydrogen-bond donors (Lipinski definition) is 2. The van der Waals surface area contributed by atoms with Crippen LogP contribution in [0.2, 0.25) is 0 Å². The van der Waals surface area contributed by atoms with Crippen LogP contribution in [0.15, 0.2) is 0 Å². The summed E-state index contributed by atoms with van der Waals surface area (Å²) in [7, 11) is 0. The summed E-state index contributed by atoms with van der Waals surface area (Å²) in [5.41, 5.74) is -0.00582. The minimum atomic E-state index is -0.435. The molecule has 76 valence electrons. The Bertz CT molecular complexity index is 206. The number of amides is 3. The van der Waals surface area contributed by atoms with Gasteiger partial charge in [-0.05, 0) is 12.3 Å². The van der Waals surface area contributed by atoms with Crippen LogP contribution in [0.4, 0.5) is 4.79 Å². The van der Waals surface area contributed by atoms with E-state index in [0.29, 0.717) is 0 Å². The molecule has 2 N–H and O–H groups in total. The molecule has 0 aromatic carbocycles. The van der Waals surface area contributed by atoms with Crippen LogP contribution in [0.5, 0.6) is 0 Å².